The first-order chi connectivity index (χ1) is 13.7. The molecule has 5 nitrogen and oxygen atoms in total. The van der Waals surface area contributed by atoms with E-state index in [0.29, 0.717) is 17.7 Å². The first kappa shape index (κ1) is 18.4. The number of likely N-dealkylation sites (tertiary alicyclic amines) is 1. The second-order valence-corrected chi connectivity index (χ2v) is 7.04. The first-order valence-corrected chi connectivity index (χ1v) is 9.59. The van der Waals surface area contributed by atoms with Gasteiger partial charge in [0.2, 0.25) is 0 Å². The Morgan fingerprint density at radius 3 is 2.54 bits per heavy atom. The molecule has 0 bridgehead atoms. The molecule has 1 unspecified atom stereocenters. The van der Waals surface area contributed by atoms with Gasteiger partial charge >= 0.3 is 0 Å². The molecule has 28 heavy (non-hydrogen) atoms. The minimum Gasteiger partial charge on any atom is -0.350 e. The molecule has 0 aliphatic carbocycles. The summed E-state index contributed by atoms with van der Waals surface area (Å²) in [5.74, 6) is -0.380. The van der Waals surface area contributed by atoms with Gasteiger partial charge in [0.15, 0.2) is 0 Å². The number of aromatic nitrogens is 2. The van der Waals surface area contributed by atoms with Crippen LogP contribution in [-0.2, 0) is 0 Å². The van der Waals surface area contributed by atoms with E-state index in [9.17, 15) is 9.18 Å². The number of hydrogen-bond donors (Lipinski definition) is 2. The van der Waals surface area contributed by atoms with Crippen molar-refractivity contribution in [3.8, 4) is 11.3 Å². The highest BCUT2D eigenvalue weighted by Gasteiger charge is 2.26. The molecule has 3 aromatic rings. The first-order valence-electron chi connectivity index (χ1n) is 9.59. The number of benzene rings is 2. The molecule has 1 aliphatic rings. The predicted octanol–water partition coefficient (Wildman–Crippen LogP) is 3.78. The van der Waals surface area contributed by atoms with Crippen molar-refractivity contribution in [1.82, 2.24) is 20.4 Å². The van der Waals surface area contributed by atoms with Gasteiger partial charge in [-0.2, -0.15) is 5.10 Å². The van der Waals surface area contributed by atoms with Gasteiger partial charge in [0, 0.05) is 23.9 Å². The number of aromatic amines is 1. The largest absolute Gasteiger partial charge is 0.350 e. The monoisotopic (exact) mass is 378 g/mol. The molecule has 1 aromatic heterocycles. The zero-order chi connectivity index (χ0) is 19.3. The number of amides is 1. The number of halogens is 1. The van der Waals surface area contributed by atoms with Crippen molar-refractivity contribution in [2.45, 2.75) is 18.9 Å². The fraction of sp³-hybridized carbons (Fsp3) is 0.273. The van der Waals surface area contributed by atoms with Crippen molar-refractivity contribution in [2.75, 3.05) is 19.6 Å². The molecule has 2 heterocycles. The van der Waals surface area contributed by atoms with Crippen LogP contribution in [0.3, 0.4) is 0 Å². The summed E-state index contributed by atoms with van der Waals surface area (Å²) < 4.78 is 14.4. The molecule has 1 aliphatic heterocycles. The molecular weight excluding hydrogens is 355 g/mol. The molecule has 6 heteroatoms. The summed E-state index contributed by atoms with van der Waals surface area (Å²) in [7, 11) is 0. The van der Waals surface area contributed by atoms with Crippen molar-refractivity contribution in [1.29, 1.82) is 0 Å². The van der Waals surface area contributed by atoms with E-state index in [0.717, 1.165) is 37.2 Å². The maximum absolute atomic E-state index is 14.4. The standard InChI is InChI=1S/C22H23FN4O/c23-19-6-2-1-5-18(19)21(27-13-3-4-14-27)15-24-22(28)17-9-7-16(8-10-17)20-11-12-25-26-20/h1-2,5-12,21H,3-4,13-15H2,(H,24,28)(H,25,26). The van der Waals surface area contributed by atoms with Crippen LogP contribution in [0, 0.1) is 5.82 Å². The number of H-pyrrole nitrogens is 1. The molecule has 1 saturated heterocycles. The van der Waals surface area contributed by atoms with Crippen LogP contribution in [-0.4, -0.2) is 40.6 Å². The van der Waals surface area contributed by atoms with Gasteiger partial charge in [0.1, 0.15) is 5.82 Å². The number of nitrogens with zero attached hydrogens (tertiary/aromatic N) is 2. The Morgan fingerprint density at radius 1 is 1.11 bits per heavy atom. The van der Waals surface area contributed by atoms with Gasteiger partial charge in [0.05, 0.1) is 11.7 Å². The van der Waals surface area contributed by atoms with E-state index >= 15 is 0 Å². The van der Waals surface area contributed by atoms with Crippen LogP contribution in [0.2, 0.25) is 0 Å². The van der Waals surface area contributed by atoms with Gasteiger partial charge in [-0.05, 0) is 55.8 Å². The Bertz CT molecular complexity index is 918. The molecule has 4 rings (SSSR count). The zero-order valence-corrected chi connectivity index (χ0v) is 15.6. The van der Waals surface area contributed by atoms with Crippen LogP contribution in [0.25, 0.3) is 11.3 Å². The smallest absolute Gasteiger partial charge is 0.251 e. The van der Waals surface area contributed by atoms with Crippen LogP contribution in [0.5, 0.6) is 0 Å². The van der Waals surface area contributed by atoms with E-state index in [2.05, 4.69) is 20.4 Å². The van der Waals surface area contributed by atoms with Crippen molar-refractivity contribution in [3.63, 3.8) is 0 Å². The van der Waals surface area contributed by atoms with E-state index in [1.165, 1.54) is 6.07 Å². The summed E-state index contributed by atoms with van der Waals surface area (Å²) in [5.41, 5.74) is 3.09. The van der Waals surface area contributed by atoms with Crippen molar-refractivity contribution < 1.29 is 9.18 Å². The number of hydrogen-bond acceptors (Lipinski definition) is 3. The highest BCUT2D eigenvalue weighted by molar-refractivity contribution is 5.94. The maximum atomic E-state index is 14.4. The topological polar surface area (TPSA) is 61.0 Å². The van der Waals surface area contributed by atoms with Crippen LogP contribution in [0.4, 0.5) is 4.39 Å². The third-order valence-electron chi connectivity index (χ3n) is 5.26. The van der Waals surface area contributed by atoms with Gasteiger partial charge in [-0.1, -0.05) is 30.3 Å². The summed E-state index contributed by atoms with van der Waals surface area (Å²) >= 11 is 0. The third kappa shape index (κ3) is 3.97. The van der Waals surface area contributed by atoms with E-state index in [1.54, 1.807) is 24.4 Å². The molecule has 1 atom stereocenters. The van der Waals surface area contributed by atoms with Gasteiger partial charge in [-0.15, -0.1) is 0 Å². The van der Waals surface area contributed by atoms with Gasteiger partial charge in [-0.3, -0.25) is 14.8 Å². The molecule has 2 aromatic carbocycles. The Kier molecular flexibility index (Phi) is 5.48. The second kappa shape index (κ2) is 8.35. The lowest BCUT2D eigenvalue weighted by Gasteiger charge is -2.28. The van der Waals surface area contributed by atoms with Crippen molar-refractivity contribution in [2.24, 2.45) is 0 Å². The lowest BCUT2D eigenvalue weighted by molar-refractivity contribution is 0.0937. The molecule has 0 spiro atoms. The predicted molar refractivity (Wildman–Crippen MR) is 106 cm³/mol. The van der Waals surface area contributed by atoms with Gasteiger partial charge < -0.3 is 5.32 Å². The van der Waals surface area contributed by atoms with E-state index < -0.39 is 0 Å². The minimum atomic E-state index is -0.224. The Hall–Kier alpha value is -2.99. The molecule has 0 saturated carbocycles. The molecule has 0 radical (unpaired) electrons. The van der Waals surface area contributed by atoms with Crippen LogP contribution < -0.4 is 5.32 Å². The number of carbonyl (C=O) groups excluding carboxylic acids is 1. The summed E-state index contributed by atoms with van der Waals surface area (Å²) in [4.78, 5) is 14.9. The average Bonchev–Trinajstić information content (AvgIpc) is 3.44. The summed E-state index contributed by atoms with van der Waals surface area (Å²) in [6, 6.07) is 15.9. The molecular formula is C22H23FN4O. The highest BCUT2D eigenvalue weighted by Crippen LogP contribution is 2.26. The Labute approximate surface area is 163 Å². The third-order valence-corrected chi connectivity index (χ3v) is 5.26. The summed E-state index contributed by atoms with van der Waals surface area (Å²) in [6.45, 7) is 2.23. The Balaban J connectivity index is 1.46. The van der Waals surface area contributed by atoms with E-state index in [1.807, 2.05) is 30.3 Å². The number of rotatable bonds is 6. The Morgan fingerprint density at radius 2 is 1.86 bits per heavy atom. The van der Waals surface area contributed by atoms with Crippen LogP contribution in [0.1, 0.15) is 34.8 Å². The van der Waals surface area contributed by atoms with Gasteiger partial charge in [0.25, 0.3) is 5.91 Å². The maximum Gasteiger partial charge on any atom is 0.251 e. The van der Waals surface area contributed by atoms with Gasteiger partial charge in [-0.25, -0.2) is 4.39 Å². The molecule has 1 fully saturated rings. The molecule has 2 N–H and O–H groups in total. The van der Waals surface area contributed by atoms with Crippen molar-refractivity contribution in [3.05, 3.63) is 77.7 Å². The molecule has 144 valence electrons. The number of nitrogens with one attached hydrogen (secondary N) is 2. The van der Waals surface area contributed by atoms with Crippen LogP contribution in [0.15, 0.2) is 60.8 Å². The second-order valence-electron chi connectivity index (χ2n) is 7.04. The summed E-state index contributed by atoms with van der Waals surface area (Å²) in [6.07, 6.45) is 3.90. The molecule has 1 amide bonds. The summed E-state index contributed by atoms with van der Waals surface area (Å²) in [5, 5.41) is 9.83. The quantitative estimate of drug-likeness (QED) is 0.686. The number of carbonyl (C=O) groups is 1. The average molecular weight is 378 g/mol. The van der Waals surface area contributed by atoms with Crippen molar-refractivity contribution >= 4 is 5.91 Å². The normalized spacial score (nSPS) is 15.5. The lowest BCUT2D eigenvalue weighted by atomic mass is 10.0. The SMILES string of the molecule is O=C(NCC(c1ccccc1F)N1CCCC1)c1ccc(-c2ccn[nH]2)cc1. The zero-order valence-electron chi connectivity index (χ0n) is 15.6. The van der Waals surface area contributed by atoms with E-state index in [4.69, 9.17) is 0 Å². The van der Waals surface area contributed by atoms with Crippen LogP contribution >= 0.6 is 0 Å². The fourth-order valence-corrected chi connectivity index (χ4v) is 3.74. The fourth-order valence-electron chi connectivity index (χ4n) is 3.74. The minimum absolute atomic E-state index is 0.156. The van der Waals surface area contributed by atoms with E-state index in [-0.39, 0.29) is 17.8 Å². The lowest BCUT2D eigenvalue weighted by Crippen LogP contribution is -2.37. The highest BCUT2D eigenvalue weighted by atomic mass is 19.1.